The molecule has 0 radical (unpaired) electrons. The van der Waals surface area contributed by atoms with Crippen molar-refractivity contribution in [3.05, 3.63) is 23.8 Å². The fourth-order valence-electron chi connectivity index (χ4n) is 3.11. The van der Waals surface area contributed by atoms with Crippen LogP contribution in [0.1, 0.15) is 49.9 Å². The van der Waals surface area contributed by atoms with Crippen LogP contribution in [0, 0.1) is 11.8 Å². The van der Waals surface area contributed by atoms with Gasteiger partial charge in [0.25, 0.3) is 0 Å². The molecule has 2 atom stereocenters. The van der Waals surface area contributed by atoms with Gasteiger partial charge in [-0.3, -0.25) is 0 Å². The van der Waals surface area contributed by atoms with E-state index in [0.29, 0.717) is 23.8 Å². The van der Waals surface area contributed by atoms with Gasteiger partial charge in [0.15, 0.2) is 0 Å². The van der Waals surface area contributed by atoms with Gasteiger partial charge in [0.05, 0.1) is 23.5 Å². The van der Waals surface area contributed by atoms with Gasteiger partial charge in [-0.1, -0.05) is 25.8 Å². The van der Waals surface area contributed by atoms with Crippen LogP contribution in [0.15, 0.2) is 18.2 Å². The third kappa shape index (κ3) is 4.13. The summed E-state index contributed by atoms with van der Waals surface area (Å²) in [6, 6.07) is 5.47. The minimum atomic E-state index is -0.357. The monoisotopic (exact) mass is 290 g/mol. The highest BCUT2D eigenvalue weighted by Crippen LogP contribution is 2.30. The van der Waals surface area contributed by atoms with Crippen molar-refractivity contribution in [2.45, 2.75) is 39.5 Å². The average Bonchev–Trinajstić information content (AvgIpc) is 2.46. The molecule has 21 heavy (non-hydrogen) atoms. The van der Waals surface area contributed by atoms with Gasteiger partial charge < -0.3 is 15.8 Å². The van der Waals surface area contributed by atoms with Crippen molar-refractivity contribution in [3.8, 4) is 0 Å². The number of para-hydroxylation sites is 1. The van der Waals surface area contributed by atoms with Gasteiger partial charge in [-0.25, -0.2) is 4.79 Å². The molecule has 0 heterocycles. The molecule has 1 aromatic rings. The summed E-state index contributed by atoms with van der Waals surface area (Å²) in [5.74, 6) is 1.15. The number of rotatable bonds is 5. The quantitative estimate of drug-likeness (QED) is 0.641. The molecular formula is C17H26N2O2. The van der Waals surface area contributed by atoms with E-state index in [1.807, 2.05) is 12.1 Å². The minimum absolute atomic E-state index is 0.357. The number of nitrogens with one attached hydrogen (secondary N) is 1. The maximum absolute atomic E-state index is 11.8. The fraction of sp³-hybridized carbons (Fsp3) is 0.588. The summed E-state index contributed by atoms with van der Waals surface area (Å²) in [5.41, 5.74) is 7.86. The van der Waals surface area contributed by atoms with E-state index < -0.39 is 0 Å². The van der Waals surface area contributed by atoms with Crippen LogP contribution in [-0.2, 0) is 4.74 Å². The zero-order valence-electron chi connectivity index (χ0n) is 13.0. The minimum Gasteiger partial charge on any atom is -0.462 e. The SMILES string of the molecule is CCOC(=O)c1cccc(NCC2CCCC(C)C2)c1N. The Morgan fingerprint density at radius 1 is 1.43 bits per heavy atom. The number of hydrogen-bond donors (Lipinski definition) is 2. The second kappa shape index (κ2) is 7.34. The third-order valence-electron chi connectivity index (χ3n) is 4.23. The number of nitrogen functional groups attached to an aromatic ring is 1. The Bertz CT molecular complexity index is 488. The van der Waals surface area contributed by atoms with Crippen LogP contribution in [0.4, 0.5) is 11.4 Å². The van der Waals surface area contributed by atoms with Crippen LogP contribution in [0.25, 0.3) is 0 Å². The summed E-state index contributed by atoms with van der Waals surface area (Å²) in [5, 5.41) is 3.41. The topological polar surface area (TPSA) is 64.3 Å². The van der Waals surface area contributed by atoms with E-state index >= 15 is 0 Å². The summed E-state index contributed by atoms with van der Waals surface area (Å²) in [4.78, 5) is 11.8. The second-order valence-corrected chi connectivity index (χ2v) is 6.01. The number of carbonyl (C=O) groups is 1. The lowest BCUT2D eigenvalue weighted by Crippen LogP contribution is -2.21. The van der Waals surface area contributed by atoms with Crippen LogP contribution in [0.5, 0.6) is 0 Å². The number of esters is 1. The Kier molecular flexibility index (Phi) is 5.48. The first kappa shape index (κ1) is 15.7. The second-order valence-electron chi connectivity index (χ2n) is 6.01. The molecule has 1 aromatic carbocycles. The molecule has 2 rings (SSSR count). The predicted octanol–water partition coefficient (Wildman–Crippen LogP) is 3.68. The molecule has 1 fully saturated rings. The van der Waals surface area contributed by atoms with E-state index in [1.165, 1.54) is 25.7 Å². The van der Waals surface area contributed by atoms with Crippen molar-refractivity contribution < 1.29 is 9.53 Å². The molecule has 116 valence electrons. The van der Waals surface area contributed by atoms with Gasteiger partial charge in [0, 0.05) is 6.54 Å². The average molecular weight is 290 g/mol. The zero-order valence-corrected chi connectivity index (χ0v) is 13.0. The van der Waals surface area contributed by atoms with E-state index in [1.54, 1.807) is 13.0 Å². The fourth-order valence-corrected chi connectivity index (χ4v) is 3.11. The van der Waals surface area contributed by atoms with Gasteiger partial charge >= 0.3 is 5.97 Å². The van der Waals surface area contributed by atoms with Gasteiger partial charge in [-0.15, -0.1) is 0 Å². The Labute approximate surface area is 127 Å². The van der Waals surface area contributed by atoms with Crippen molar-refractivity contribution in [1.82, 2.24) is 0 Å². The number of nitrogens with two attached hydrogens (primary N) is 1. The van der Waals surface area contributed by atoms with Gasteiger partial charge in [-0.2, -0.15) is 0 Å². The van der Waals surface area contributed by atoms with Crippen molar-refractivity contribution in [1.29, 1.82) is 0 Å². The van der Waals surface area contributed by atoms with Crippen LogP contribution < -0.4 is 11.1 Å². The molecule has 1 aliphatic rings. The summed E-state index contributed by atoms with van der Waals surface area (Å²) in [7, 11) is 0. The highest BCUT2D eigenvalue weighted by atomic mass is 16.5. The van der Waals surface area contributed by atoms with Crippen LogP contribution in [0.2, 0.25) is 0 Å². The molecule has 1 aliphatic carbocycles. The van der Waals surface area contributed by atoms with E-state index in [9.17, 15) is 4.79 Å². The highest BCUT2D eigenvalue weighted by molar-refractivity contribution is 5.98. The lowest BCUT2D eigenvalue weighted by atomic mass is 9.82. The number of ether oxygens (including phenoxy) is 1. The highest BCUT2D eigenvalue weighted by Gasteiger charge is 2.19. The Morgan fingerprint density at radius 3 is 2.95 bits per heavy atom. The molecule has 0 spiro atoms. The maximum atomic E-state index is 11.8. The van der Waals surface area contributed by atoms with E-state index in [2.05, 4.69) is 12.2 Å². The third-order valence-corrected chi connectivity index (χ3v) is 4.23. The number of hydrogen-bond acceptors (Lipinski definition) is 4. The van der Waals surface area contributed by atoms with E-state index in [0.717, 1.165) is 18.2 Å². The number of anilines is 2. The molecule has 0 bridgehead atoms. The normalized spacial score (nSPS) is 21.8. The Hall–Kier alpha value is -1.71. The van der Waals surface area contributed by atoms with E-state index in [-0.39, 0.29) is 5.97 Å². The summed E-state index contributed by atoms with van der Waals surface area (Å²) >= 11 is 0. The largest absolute Gasteiger partial charge is 0.462 e. The lowest BCUT2D eigenvalue weighted by molar-refractivity contribution is 0.0527. The van der Waals surface area contributed by atoms with E-state index in [4.69, 9.17) is 10.5 Å². The molecule has 0 saturated heterocycles. The van der Waals surface area contributed by atoms with Crippen LogP contribution in [-0.4, -0.2) is 19.1 Å². The smallest absolute Gasteiger partial charge is 0.340 e. The molecule has 2 unspecified atom stereocenters. The number of benzene rings is 1. The Balaban J connectivity index is 2.00. The van der Waals surface area contributed by atoms with Crippen LogP contribution >= 0.6 is 0 Å². The molecular weight excluding hydrogens is 264 g/mol. The predicted molar refractivity (Wildman–Crippen MR) is 86.4 cm³/mol. The van der Waals surface area contributed by atoms with Gasteiger partial charge in [0.1, 0.15) is 0 Å². The van der Waals surface area contributed by atoms with Crippen molar-refractivity contribution >= 4 is 17.3 Å². The molecule has 4 nitrogen and oxygen atoms in total. The first-order chi connectivity index (χ1) is 10.1. The standard InChI is InChI=1S/C17H26N2O2/c1-3-21-17(20)14-8-5-9-15(16(14)18)19-11-13-7-4-6-12(2)10-13/h5,8-9,12-13,19H,3-4,6-7,10-11,18H2,1-2H3. The Morgan fingerprint density at radius 2 is 2.24 bits per heavy atom. The molecule has 0 amide bonds. The van der Waals surface area contributed by atoms with Crippen molar-refractivity contribution in [3.63, 3.8) is 0 Å². The zero-order chi connectivity index (χ0) is 15.2. The molecule has 0 aromatic heterocycles. The molecule has 1 saturated carbocycles. The lowest BCUT2D eigenvalue weighted by Gasteiger charge is -2.27. The van der Waals surface area contributed by atoms with Gasteiger partial charge in [-0.05, 0) is 43.7 Å². The summed E-state index contributed by atoms with van der Waals surface area (Å²) < 4.78 is 5.03. The van der Waals surface area contributed by atoms with Crippen LogP contribution in [0.3, 0.4) is 0 Å². The molecule has 3 N–H and O–H groups in total. The van der Waals surface area contributed by atoms with Gasteiger partial charge in [0.2, 0.25) is 0 Å². The maximum Gasteiger partial charge on any atom is 0.340 e. The first-order valence-electron chi connectivity index (χ1n) is 7.91. The molecule has 4 heteroatoms. The van der Waals surface area contributed by atoms with Crippen molar-refractivity contribution in [2.24, 2.45) is 11.8 Å². The first-order valence-corrected chi connectivity index (χ1v) is 7.91. The summed E-state index contributed by atoms with van der Waals surface area (Å²) in [6.45, 7) is 5.39. The summed E-state index contributed by atoms with van der Waals surface area (Å²) in [6.07, 6.45) is 5.20. The van der Waals surface area contributed by atoms with Crippen molar-refractivity contribution in [2.75, 3.05) is 24.2 Å². The molecule has 0 aliphatic heterocycles. The number of carbonyl (C=O) groups excluding carboxylic acids is 1.